The number of carbonyl (C=O) groups is 2. The van der Waals surface area contributed by atoms with Crippen molar-refractivity contribution >= 4 is 50.9 Å². The minimum atomic E-state index is -4.15. The van der Waals surface area contributed by atoms with E-state index in [9.17, 15) is 22.4 Å². The maximum atomic E-state index is 13.7. The second kappa shape index (κ2) is 12.7. The fourth-order valence-corrected chi connectivity index (χ4v) is 4.80. The lowest BCUT2D eigenvalue weighted by Crippen LogP contribution is -2.53. The van der Waals surface area contributed by atoms with E-state index in [-0.39, 0.29) is 18.3 Å². The molecule has 2 amide bonds. The first-order chi connectivity index (χ1) is 16.8. The van der Waals surface area contributed by atoms with Crippen LogP contribution in [0, 0.1) is 5.82 Å². The van der Waals surface area contributed by atoms with Crippen LogP contribution in [0.3, 0.4) is 0 Å². The minimum absolute atomic E-state index is 0.0888. The van der Waals surface area contributed by atoms with Crippen LogP contribution in [0.1, 0.15) is 32.8 Å². The van der Waals surface area contributed by atoms with Gasteiger partial charge in [-0.1, -0.05) is 36.2 Å². The van der Waals surface area contributed by atoms with Crippen LogP contribution in [-0.4, -0.2) is 62.2 Å². The van der Waals surface area contributed by atoms with Gasteiger partial charge in [0, 0.05) is 42.3 Å². The summed E-state index contributed by atoms with van der Waals surface area (Å²) < 4.78 is 41.5. The maximum absolute atomic E-state index is 13.7. The zero-order valence-corrected chi connectivity index (χ0v) is 23.2. The van der Waals surface area contributed by atoms with E-state index in [4.69, 9.17) is 23.2 Å². The van der Waals surface area contributed by atoms with Gasteiger partial charge in [0.1, 0.15) is 18.4 Å². The lowest BCUT2D eigenvalue weighted by atomic mass is 10.1. The summed E-state index contributed by atoms with van der Waals surface area (Å²) in [5.74, 6) is -1.64. The first kappa shape index (κ1) is 29.8. The van der Waals surface area contributed by atoms with Gasteiger partial charge in [0.2, 0.25) is 11.8 Å². The molecule has 12 heteroatoms. The van der Waals surface area contributed by atoms with E-state index in [1.165, 1.54) is 31.1 Å². The zero-order chi connectivity index (χ0) is 27.2. The van der Waals surface area contributed by atoms with Crippen LogP contribution in [0.2, 0.25) is 10.0 Å². The summed E-state index contributed by atoms with van der Waals surface area (Å²) in [6.45, 7) is 4.51. The first-order valence-corrected chi connectivity index (χ1v) is 13.4. The van der Waals surface area contributed by atoms with Crippen molar-refractivity contribution in [1.29, 1.82) is 0 Å². The van der Waals surface area contributed by atoms with Gasteiger partial charge in [-0.05, 0) is 56.7 Å². The van der Waals surface area contributed by atoms with Crippen molar-refractivity contribution in [3.05, 3.63) is 63.9 Å². The van der Waals surface area contributed by atoms with Gasteiger partial charge in [-0.15, -0.1) is 0 Å². The largest absolute Gasteiger partial charge is 0.352 e. The Labute approximate surface area is 222 Å². The van der Waals surface area contributed by atoms with Gasteiger partial charge in [-0.2, -0.15) is 12.7 Å². The molecule has 0 unspecified atom stereocenters. The predicted molar refractivity (Wildman–Crippen MR) is 141 cm³/mol. The van der Waals surface area contributed by atoms with Gasteiger partial charge in [-0.25, -0.2) is 8.70 Å². The van der Waals surface area contributed by atoms with Crippen molar-refractivity contribution < 1.29 is 22.4 Å². The summed E-state index contributed by atoms with van der Waals surface area (Å²) in [6.07, 6.45) is 0.683. The SMILES string of the molecule is CC[C@H](C)NC(=O)[C@@H](C)N(Cc1c(Cl)cccc1Cl)C(=O)CN(c1ccc(F)cc1)S(=O)(=O)N(C)C. The summed E-state index contributed by atoms with van der Waals surface area (Å²) >= 11 is 12.7. The van der Waals surface area contributed by atoms with E-state index in [1.54, 1.807) is 25.1 Å². The summed E-state index contributed by atoms with van der Waals surface area (Å²) in [6, 6.07) is 8.48. The monoisotopic (exact) mass is 560 g/mol. The Balaban J connectivity index is 2.50. The fraction of sp³-hybridized carbons (Fsp3) is 0.417. The molecule has 198 valence electrons. The lowest BCUT2D eigenvalue weighted by Gasteiger charge is -2.33. The predicted octanol–water partition coefficient (Wildman–Crippen LogP) is 4.08. The Morgan fingerprint density at radius 2 is 1.58 bits per heavy atom. The lowest BCUT2D eigenvalue weighted by molar-refractivity contribution is -0.139. The Kier molecular flexibility index (Phi) is 10.5. The number of nitrogens with one attached hydrogen (secondary N) is 1. The van der Waals surface area contributed by atoms with Gasteiger partial charge in [0.25, 0.3) is 0 Å². The normalized spacial score (nSPS) is 13.2. The number of hydrogen-bond acceptors (Lipinski definition) is 4. The second-order valence-electron chi connectivity index (χ2n) is 8.49. The topological polar surface area (TPSA) is 90.0 Å². The van der Waals surface area contributed by atoms with Gasteiger partial charge < -0.3 is 10.2 Å². The third-order valence-corrected chi connectivity index (χ3v) is 8.22. The molecule has 2 rings (SSSR count). The Bertz CT molecular complexity index is 1160. The Morgan fingerprint density at radius 3 is 2.08 bits per heavy atom. The molecule has 2 atom stereocenters. The first-order valence-electron chi connectivity index (χ1n) is 11.3. The van der Waals surface area contributed by atoms with Crippen molar-refractivity contribution in [2.45, 2.75) is 45.8 Å². The van der Waals surface area contributed by atoms with Crippen LogP contribution in [0.4, 0.5) is 10.1 Å². The number of carbonyl (C=O) groups excluding carboxylic acids is 2. The molecule has 0 aliphatic heterocycles. The fourth-order valence-electron chi connectivity index (χ4n) is 3.23. The average Bonchev–Trinajstić information content (AvgIpc) is 2.82. The van der Waals surface area contributed by atoms with Crippen LogP contribution in [-0.2, 0) is 26.3 Å². The van der Waals surface area contributed by atoms with Crippen LogP contribution >= 0.6 is 23.2 Å². The van der Waals surface area contributed by atoms with Crippen molar-refractivity contribution in [1.82, 2.24) is 14.5 Å². The standard InChI is InChI=1S/C24H31Cl2FN4O4S/c1-6-16(2)28-24(33)17(3)30(14-20-21(25)8-7-9-22(20)26)23(32)15-31(36(34,35)29(4)5)19-12-10-18(27)11-13-19/h7-13,16-17H,6,14-15H2,1-5H3,(H,28,33)/t16-,17+/m0/s1. The number of halogens is 3. The average molecular weight is 562 g/mol. The van der Waals surface area contributed by atoms with Gasteiger partial charge >= 0.3 is 10.2 Å². The molecule has 1 N–H and O–H groups in total. The molecule has 2 aromatic carbocycles. The van der Waals surface area contributed by atoms with Crippen LogP contribution < -0.4 is 9.62 Å². The molecular weight excluding hydrogens is 530 g/mol. The molecule has 0 aliphatic carbocycles. The molecule has 0 aromatic heterocycles. The van der Waals surface area contributed by atoms with E-state index in [0.29, 0.717) is 22.0 Å². The molecule has 0 saturated heterocycles. The third kappa shape index (κ3) is 7.32. The van der Waals surface area contributed by atoms with Crippen LogP contribution in [0.25, 0.3) is 0 Å². The number of benzene rings is 2. The van der Waals surface area contributed by atoms with Crippen LogP contribution in [0.5, 0.6) is 0 Å². The van der Waals surface area contributed by atoms with Crippen molar-refractivity contribution in [3.63, 3.8) is 0 Å². The summed E-state index contributed by atoms with van der Waals surface area (Å²) in [5, 5.41) is 3.43. The quantitative estimate of drug-likeness (QED) is 0.448. The number of rotatable bonds is 11. The van der Waals surface area contributed by atoms with Crippen molar-refractivity contribution in [3.8, 4) is 0 Å². The molecule has 0 fully saturated rings. The summed E-state index contributed by atoms with van der Waals surface area (Å²) in [5.41, 5.74) is 0.507. The summed E-state index contributed by atoms with van der Waals surface area (Å²) in [7, 11) is -1.51. The van der Waals surface area contributed by atoms with Gasteiger partial charge in [-0.3, -0.25) is 9.59 Å². The molecule has 0 radical (unpaired) electrons. The van der Waals surface area contributed by atoms with E-state index < -0.39 is 40.4 Å². The third-order valence-electron chi connectivity index (χ3n) is 5.69. The molecular formula is C24H31Cl2FN4O4S. The number of nitrogens with zero attached hydrogens (tertiary/aromatic N) is 3. The highest BCUT2D eigenvalue weighted by molar-refractivity contribution is 7.90. The second-order valence-corrected chi connectivity index (χ2v) is 11.4. The van der Waals surface area contributed by atoms with Gasteiger partial charge in [0.15, 0.2) is 0 Å². The highest BCUT2D eigenvalue weighted by Gasteiger charge is 2.33. The van der Waals surface area contributed by atoms with E-state index >= 15 is 0 Å². The molecule has 0 bridgehead atoms. The molecule has 0 aliphatic rings. The molecule has 8 nitrogen and oxygen atoms in total. The molecule has 0 spiro atoms. The minimum Gasteiger partial charge on any atom is -0.352 e. The van der Waals surface area contributed by atoms with Crippen LogP contribution in [0.15, 0.2) is 42.5 Å². The highest BCUT2D eigenvalue weighted by Crippen LogP contribution is 2.27. The Hall–Kier alpha value is -2.40. The van der Waals surface area contributed by atoms with E-state index in [0.717, 1.165) is 20.7 Å². The molecule has 0 heterocycles. The molecule has 2 aromatic rings. The number of amides is 2. The van der Waals surface area contributed by atoms with E-state index in [2.05, 4.69) is 5.32 Å². The Morgan fingerprint density at radius 1 is 1.03 bits per heavy atom. The molecule has 0 saturated carbocycles. The van der Waals surface area contributed by atoms with Crippen molar-refractivity contribution in [2.75, 3.05) is 24.9 Å². The van der Waals surface area contributed by atoms with E-state index in [1.807, 2.05) is 13.8 Å². The van der Waals surface area contributed by atoms with Gasteiger partial charge in [0.05, 0.1) is 5.69 Å². The van der Waals surface area contributed by atoms with Crippen molar-refractivity contribution in [2.24, 2.45) is 0 Å². The smallest absolute Gasteiger partial charge is 0.304 e. The summed E-state index contributed by atoms with van der Waals surface area (Å²) in [4.78, 5) is 27.8. The highest BCUT2D eigenvalue weighted by atomic mass is 35.5. The number of anilines is 1. The number of hydrogen-bond donors (Lipinski definition) is 1. The maximum Gasteiger partial charge on any atom is 0.304 e. The molecule has 36 heavy (non-hydrogen) atoms. The zero-order valence-electron chi connectivity index (χ0n) is 20.8.